The number of hydrogen-bond donors (Lipinski definition) is 1. The third-order valence-electron chi connectivity index (χ3n) is 9.93. The lowest BCUT2D eigenvalue weighted by molar-refractivity contribution is 0.0697. The van der Waals surface area contributed by atoms with Crippen molar-refractivity contribution < 1.29 is 14.3 Å². The molecule has 10 nitrogen and oxygen atoms in total. The van der Waals surface area contributed by atoms with Crippen molar-refractivity contribution in [1.29, 1.82) is 5.26 Å². The molecule has 2 aliphatic rings. The van der Waals surface area contributed by atoms with E-state index >= 15 is 0 Å². The van der Waals surface area contributed by atoms with Crippen LogP contribution in [0.1, 0.15) is 71.1 Å². The maximum atomic E-state index is 14.9. The fourth-order valence-electron chi connectivity index (χ4n) is 7.00. The van der Waals surface area contributed by atoms with Crippen LogP contribution in [0.3, 0.4) is 0 Å². The van der Waals surface area contributed by atoms with E-state index in [0.717, 1.165) is 78.8 Å². The van der Waals surface area contributed by atoms with Crippen molar-refractivity contribution in [3.63, 3.8) is 0 Å². The molecule has 0 aliphatic carbocycles. The van der Waals surface area contributed by atoms with E-state index in [1.807, 2.05) is 18.3 Å². The van der Waals surface area contributed by atoms with Gasteiger partial charge in [0.2, 0.25) is 0 Å². The molecule has 5 aromatic rings. The molecule has 1 N–H and O–H groups in total. The lowest BCUT2D eigenvalue weighted by Crippen LogP contribution is -2.41. The molecule has 0 spiro atoms. The van der Waals surface area contributed by atoms with E-state index in [0.29, 0.717) is 37.2 Å². The van der Waals surface area contributed by atoms with Crippen molar-refractivity contribution >= 4 is 22.8 Å². The lowest BCUT2D eigenvalue weighted by Gasteiger charge is -2.39. The van der Waals surface area contributed by atoms with Crippen molar-refractivity contribution in [3.8, 4) is 6.07 Å². The Hall–Kier alpha value is -5.08. The van der Waals surface area contributed by atoms with E-state index in [1.165, 1.54) is 6.07 Å². The van der Waals surface area contributed by atoms with Crippen molar-refractivity contribution in [2.75, 3.05) is 24.5 Å². The highest BCUT2D eigenvalue weighted by Gasteiger charge is 2.34. The van der Waals surface area contributed by atoms with Crippen LogP contribution < -0.4 is 4.90 Å². The third kappa shape index (κ3) is 5.85. The van der Waals surface area contributed by atoms with Crippen molar-refractivity contribution in [2.24, 2.45) is 0 Å². The molecule has 47 heavy (non-hydrogen) atoms. The fourth-order valence-corrected chi connectivity index (χ4v) is 7.00. The molecule has 1 saturated heterocycles. The molecular weight excluding hydrogens is 595 g/mol. The van der Waals surface area contributed by atoms with Gasteiger partial charge in [-0.05, 0) is 87.3 Å². The number of rotatable bonds is 8. The summed E-state index contributed by atoms with van der Waals surface area (Å²) in [6.45, 7) is 9.16. The molecule has 0 unspecified atom stereocenters. The summed E-state index contributed by atoms with van der Waals surface area (Å²) < 4.78 is 19.1. The van der Waals surface area contributed by atoms with Gasteiger partial charge in [-0.15, -0.1) is 0 Å². The highest BCUT2D eigenvalue weighted by Crippen LogP contribution is 2.36. The van der Waals surface area contributed by atoms with Crippen LogP contribution in [0.15, 0.2) is 60.9 Å². The van der Waals surface area contributed by atoms with Crippen LogP contribution in [0.2, 0.25) is 0 Å². The number of likely N-dealkylation sites (tertiary alicyclic amines) is 1. The van der Waals surface area contributed by atoms with E-state index in [4.69, 9.17) is 9.97 Å². The normalized spacial score (nSPS) is 16.3. The van der Waals surface area contributed by atoms with Crippen molar-refractivity contribution in [2.45, 2.75) is 64.7 Å². The second-order valence-electron chi connectivity index (χ2n) is 12.8. The van der Waals surface area contributed by atoms with E-state index < -0.39 is 5.97 Å². The van der Waals surface area contributed by atoms with Crippen LogP contribution in [-0.4, -0.2) is 59.7 Å². The number of pyridine rings is 1. The minimum atomic E-state index is -0.962. The van der Waals surface area contributed by atoms with E-state index in [1.54, 1.807) is 30.5 Å². The first kappa shape index (κ1) is 30.6. The number of fused-ring (bicyclic) bond motifs is 2. The predicted octanol–water partition coefficient (Wildman–Crippen LogP) is 5.52. The molecule has 240 valence electrons. The number of aromatic carboxylic acids is 1. The van der Waals surface area contributed by atoms with Crippen LogP contribution in [-0.2, 0) is 38.0 Å². The fraction of sp³-hybridized carbons (Fsp3) is 0.361. The smallest absolute Gasteiger partial charge is 0.335 e. The van der Waals surface area contributed by atoms with Gasteiger partial charge in [0.1, 0.15) is 23.3 Å². The summed E-state index contributed by atoms with van der Waals surface area (Å²) in [5, 5.41) is 18.9. The average molecular weight is 633 g/mol. The van der Waals surface area contributed by atoms with Gasteiger partial charge in [0.25, 0.3) is 0 Å². The topological polar surface area (TPSA) is 116 Å². The zero-order chi connectivity index (χ0) is 32.7. The second-order valence-corrected chi connectivity index (χ2v) is 12.8. The third-order valence-corrected chi connectivity index (χ3v) is 9.93. The highest BCUT2D eigenvalue weighted by molar-refractivity contribution is 5.92. The number of hydrogen-bond acceptors (Lipinski definition) is 7. The van der Waals surface area contributed by atoms with Gasteiger partial charge in [-0.3, -0.25) is 4.90 Å². The van der Waals surface area contributed by atoms with Crippen LogP contribution in [0.25, 0.3) is 11.0 Å². The standard InChI is InChI=1S/C36H37FN8O2/c1-3-43-16-12-39-33(43)23-45-30-19-26(35(46)47)7-8-29(30)40-34(45)22-42-14-10-36(2,11-15-42)31-5-4-6-32(41-31)44-13-9-25-17-24(20-38)18-28(37)27(25)21-44/h4-8,12,16-19H,3,9-11,13-15,21-23H2,1-2H3,(H,46,47). The number of carbonyl (C=O) groups is 1. The number of nitriles is 1. The van der Waals surface area contributed by atoms with Gasteiger partial charge in [-0.1, -0.05) is 13.0 Å². The first-order chi connectivity index (χ1) is 22.7. The monoisotopic (exact) mass is 632 g/mol. The van der Waals surface area contributed by atoms with Crippen molar-refractivity contribution in [3.05, 3.63) is 106 Å². The molecule has 2 aromatic carbocycles. The maximum Gasteiger partial charge on any atom is 0.335 e. The second kappa shape index (κ2) is 12.3. The summed E-state index contributed by atoms with van der Waals surface area (Å²) in [7, 11) is 0. The zero-order valence-electron chi connectivity index (χ0n) is 26.7. The Morgan fingerprint density at radius 1 is 1.06 bits per heavy atom. The lowest BCUT2D eigenvalue weighted by atomic mass is 9.77. The first-order valence-electron chi connectivity index (χ1n) is 16.1. The number of benzene rings is 2. The van der Waals surface area contributed by atoms with Gasteiger partial charge in [-0.25, -0.2) is 24.1 Å². The molecule has 0 saturated carbocycles. The summed E-state index contributed by atoms with van der Waals surface area (Å²) in [4.78, 5) is 31.0. The number of imidazole rings is 2. The molecule has 11 heteroatoms. The molecule has 7 rings (SSSR count). The van der Waals surface area contributed by atoms with Gasteiger partial charge in [-0.2, -0.15) is 5.26 Å². The summed E-state index contributed by atoms with van der Waals surface area (Å²) in [5.41, 5.74) is 4.63. The summed E-state index contributed by atoms with van der Waals surface area (Å²) in [5.74, 6) is 1.34. The van der Waals surface area contributed by atoms with E-state index in [9.17, 15) is 19.6 Å². The van der Waals surface area contributed by atoms with E-state index in [2.05, 4.69) is 49.9 Å². The zero-order valence-corrected chi connectivity index (χ0v) is 26.7. The van der Waals surface area contributed by atoms with Crippen LogP contribution in [0.5, 0.6) is 0 Å². The van der Waals surface area contributed by atoms with Crippen LogP contribution in [0, 0.1) is 17.1 Å². The maximum absolute atomic E-state index is 14.9. The average Bonchev–Trinajstić information content (AvgIpc) is 3.69. The predicted molar refractivity (Wildman–Crippen MR) is 176 cm³/mol. The first-order valence-corrected chi connectivity index (χ1v) is 16.1. The Labute approximate surface area is 272 Å². The minimum Gasteiger partial charge on any atom is -0.478 e. The Morgan fingerprint density at radius 2 is 1.89 bits per heavy atom. The van der Waals surface area contributed by atoms with Crippen molar-refractivity contribution in [1.82, 2.24) is 29.0 Å². The molecule has 0 bridgehead atoms. The number of carboxylic acids is 1. The Morgan fingerprint density at radius 3 is 2.66 bits per heavy atom. The summed E-state index contributed by atoms with van der Waals surface area (Å²) >= 11 is 0. The molecule has 1 fully saturated rings. The largest absolute Gasteiger partial charge is 0.478 e. The molecule has 0 atom stereocenters. The number of halogens is 1. The summed E-state index contributed by atoms with van der Waals surface area (Å²) in [6, 6.07) is 16.4. The summed E-state index contributed by atoms with van der Waals surface area (Å²) in [6.07, 6.45) is 6.26. The van der Waals surface area contributed by atoms with Crippen LogP contribution >= 0.6 is 0 Å². The van der Waals surface area contributed by atoms with Gasteiger partial charge >= 0.3 is 5.97 Å². The Kier molecular flexibility index (Phi) is 7.98. The molecule has 0 radical (unpaired) electrons. The SMILES string of the molecule is CCn1ccnc1Cn1c(CN2CCC(C)(c3cccc(N4CCc5cc(C#N)cc(F)c5C4)n3)CC2)nc2ccc(C(=O)O)cc21. The number of aromatic nitrogens is 5. The van der Waals surface area contributed by atoms with Gasteiger partial charge in [0.05, 0.1) is 41.3 Å². The van der Waals surface area contributed by atoms with Gasteiger partial charge < -0.3 is 19.1 Å². The highest BCUT2D eigenvalue weighted by atomic mass is 19.1. The van der Waals surface area contributed by atoms with E-state index in [-0.39, 0.29) is 16.8 Å². The molecule has 2 aliphatic heterocycles. The van der Waals surface area contributed by atoms with Crippen LogP contribution in [0.4, 0.5) is 10.2 Å². The Balaban J connectivity index is 1.08. The molecule has 3 aromatic heterocycles. The number of aryl methyl sites for hydroxylation is 1. The number of anilines is 1. The molecule has 0 amide bonds. The number of nitrogens with zero attached hydrogens (tertiary/aromatic N) is 8. The quantitative estimate of drug-likeness (QED) is 0.238. The van der Waals surface area contributed by atoms with Gasteiger partial charge in [0.15, 0.2) is 0 Å². The molecule has 5 heterocycles. The molecular formula is C36H37FN8O2. The Bertz CT molecular complexity index is 2020. The number of piperidine rings is 1. The van der Waals surface area contributed by atoms with Gasteiger partial charge in [0, 0.05) is 48.7 Å². The number of carboxylic acid groups (broad SMARTS) is 1. The minimum absolute atomic E-state index is 0.116.